The lowest BCUT2D eigenvalue weighted by Gasteiger charge is -2.10. The molecule has 0 unspecified atom stereocenters. The normalized spacial score (nSPS) is 17.2. The number of furan rings is 1. The highest BCUT2D eigenvalue weighted by Gasteiger charge is 2.29. The minimum absolute atomic E-state index is 0.137. The van der Waals surface area contributed by atoms with Gasteiger partial charge in [-0.05, 0) is 31.2 Å². The van der Waals surface area contributed by atoms with E-state index in [1.54, 1.807) is 18.2 Å². The lowest BCUT2D eigenvalue weighted by Crippen LogP contribution is -2.27. The maximum atomic E-state index is 12.2. The van der Waals surface area contributed by atoms with Crippen LogP contribution in [0.3, 0.4) is 0 Å². The second kappa shape index (κ2) is 7.12. The summed E-state index contributed by atoms with van der Waals surface area (Å²) in [5.41, 5.74) is 1.30. The van der Waals surface area contributed by atoms with E-state index in [1.165, 1.54) is 6.07 Å². The lowest BCUT2D eigenvalue weighted by atomic mass is 10.2. The molecule has 1 atom stereocenters. The van der Waals surface area contributed by atoms with Crippen molar-refractivity contribution in [3.8, 4) is 0 Å². The third-order valence-electron chi connectivity index (χ3n) is 4.52. The Hall–Kier alpha value is -3.13. The van der Waals surface area contributed by atoms with Crippen LogP contribution in [0.1, 0.15) is 30.7 Å². The van der Waals surface area contributed by atoms with Crippen molar-refractivity contribution in [3.63, 3.8) is 0 Å². The fourth-order valence-corrected chi connectivity index (χ4v) is 4.37. The highest BCUT2D eigenvalue weighted by molar-refractivity contribution is 7.90. The van der Waals surface area contributed by atoms with Crippen molar-refractivity contribution < 1.29 is 17.6 Å². The van der Waals surface area contributed by atoms with Gasteiger partial charge in [-0.15, -0.1) is 0 Å². The molecule has 8 heteroatoms. The van der Waals surface area contributed by atoms with Crippen LogP contribution in [0.2, 0.25) is 0 Å². The predicted octanol–water partition coefficient (Wildman–Crippen LogP) is 2.74. The van der Waals surface area contributed by atoms with Crippen LogP contribution in [0.4, 0.5) is 0 Å². The summed E-state index contributed by atoms with van der Waals surface area (Å²) in [5, 5.41) is 3.86. The Balaban J connectivity index is 1.38. The van der Waals surface area contributed by atoms with Crippen molar-refractivity contribution >= 4 is 32.7 Å². The first-order valence-corrected chi connectivity index (χ1v) is 10.4. The van der Waals surface area contributed by atoms with Gasteiger partial charge in [0.15, 0.2) is 0 Å². The number of hydrogen-bond donors (Lipinski definition) is 2. The number of amides is 1. The van der Waals surface area contributed by atoms with E-state index in [4.69, 9.17) is 4.42 Å². The van der Waals surface area contributed by atoms with Gasteiger partial charge in [-0.2, -0.15) is 0 Å². The SMILES string of the molecule is C[C@@H](NC(=O)CCN=C1NS(=O)(=O)c2ccccc21)c1cc2ccccc2o1. The Kier molecular flexibility index (Phi) is 4.64. The van der Waals surface area contributed by atoms with E-state index in [-0.39, 0.29) is 35.6 Å². The Morgan fingerprint density at radius 2 is 1.93 bits per heavy atom. The zero-order chi connectivity index (χ0) is 19.7. The molecule has 0 saturated carbocycles. The second-order valence-corrected chi connectivity index (χ2v) is 8.21. The number of para-hydroxylation sites is 1. The zero-order valence-electron chi connectivity index (χ0n) is 15.2. The number of nitrogens with zero attached hydrogens (tertiary/aromatic N) is 1. The maximum Gasteiger partial charge on any atom is 0.263 e. The summed E-state index contributed by atoms with van der Waals surface area (Å²) in [4.78, 5) is 16.7. The number of benzene rings is 2. The van der Waals surface area contributed by atoms with Crippen molar-refractivity contribution in [1.29, 1.82) is 0 Å². The van der Waals surface area contributed by atoms with Gasteiger partial charge in [0.25, 0.3) is 10.0 Å². The van der Waals surface area contributed by atoms with Gasteiger partial charge in [0, 0.05) is 17.4 Å². The average Bonchev–Trinajstić information content (AvgIpc) is 3.21. The molecule has 4 rings (SSSR count). The minimum Gasteiger partial charge on any atom is -0.459 e. The van der Waals surface area contributed by atoms with Gasteiger partial charge >= 0.3 is 0 Å². The van der Waals surface area contributed by atoms with Crippen molar-refractivity contribution in [2.45, 2.75) is 24.3 Å². The molecule has 0 bridgehead atoms. The lowest BCUT2D eigenvalue weighted by molar-refractivity contribution is -0.121. The average molecular weight is 397 g/mol. The van der Waals surface area contributed by atoms with Crippen molar-refractivity contribution in [1.82, 2.24) is 10.0 Å². The molecule has 0 radical (unpaired) electrons. The van der Waals surface area contributed by atoms with E-state index in [0.717, 1.165) is 11.0 Å². The van der Waals surface area contributed by atoms with E-state index in [9.17, 15) is 13.2 Å². The van der Waals surface area contributed by atoms with Gasteiger partial charge in [-0.1, -0.05) is 30.3 Å². The van der Waals surface area contributed by atoms with Crippen LogP contribution in [-0.4, -0.2) is 26.7 Å². The van der Waals surface area contributed by atoms with E-state index in [1.807, 2.05) is 37.3 Å². The summed E-state index contributed by atoms with van der Waals surface area (Å²) < 4.78 is 32.3. The van der Waals surface area contributed by atoms with Crippen LogP contribution < -0.4 is 10.0 Å². The predicted molar refractivity (Wildman–Crippen MR) is 106 cm³/mol. The molecule has 1 amide bonds. The molecule has 0 saturated heterocycles. The van der Waals surface area contributed by atoms with Crippen molar-refractivity contribution in [2.24, 2.45) is 4.99 Å². The molecule has 0 fully saturated rings. The molecule has 1 aromatic heterocycles. The summed E-state index contributed by atoms with van der Waals surface area (Å²) in [6.45, 7) is 2.02. The third kappa shape index (κ3) is 3.50. The topological polar surface area (TPSA) is 101 Å². The third-order valence-corrected chi connectivity index (χ3v) is 5.92. The summed E-state index contributed by atoms with van der Waals surface area (Å²) in [6, 6.07) is 15.9. The molecule has 2 N–H and O–H groups in total. The Morgan fingerprint density at radius 1 is 1.18 bits per heavy atom. The molecule has 2 aromatic carbocycles. The molecule has 28 heavy (non-hydrogen) atoms. The number of fused-ring (bicyclic) bond motifs is 2. The smallest absolute Gasteiger partial charge is 0.263 e. The highest BCUT2D eigenvalue weighted by atomic mass is 32.2. The first kappa shape index (κ1) is 18.2. The van der Waals surface area contributed by atoms with Gasteiger partial charge in [0.1, 0.15) is 17.2 Å². The number of rotatable bonds is 5. The summed E-state index contributed by atoms with van der Waals surface area (Å²) in [5.74, 6) is 0.763. The quantitative estimate of drug-likeness (QED) is 0.691. The molecule has 3 aromatic rings. The van der Waals surface area contributed by atoms with Gasteiger partial charge in [0.2, 0.25) is 5.91 Å². The molecule has 1 aliphatic heterocycles. The first-order chi connectivity index (χ1) is 13.4. The second-order valence-electron chi connectivity index (χ2n) is 6.56. The van der Waals surface area contributed by atoms with Gasteiger partial charge in [-0.25, -0.2) is 8.42 Å². The fourth-order valence-electron chi connectivity index (χ4n) is 3.12. The van der Waals surface area contributed by atoms with Crippen LogP contribution in [0.5, 0.6) is 0 Å². The fraction of sp³-hybridized carbons (Fsp3) is 0.200. The highest BCUT2D eigenvalue weighted by Crippen LogP contribution is 2.24. The van der Waals surface area contributed by atoms with E-state index >= 15 is 0 Å². The number of carbonyl (C=O) groups excluding carboxylic acids is 1. The van der Waals surface area contributed by atoms with Crippen LogP contribution in [0, 0.1) is 0 Å². The number of hydrogen-bond acceptors (Lipinski definition) is 5. The number of sulfonamides is 1. The van der Waals surface area contributed by atoms with Crippen LogP contribution in [-0.2, 0) is 14.8 Å². The molecule has 0 spiro atoms. The molecule has 2 heterocycles. The molecule has 7 nitrogen and oxygen atoms in total. The largest absolute Gasteiger partial charge is 0.459 e. The van der Waals surface area contributed by atoms with Crippen LogP contribution in [0.25, 0.3) is 11.0 Å². The maximum absolute atomic E-state index is 12.2. The van der Waals surface area contributed by atoms with Crippen LogP contribution >= 0.6 is 0 Å². The summed E-state index contributed by atoms with van der Waals surface area (Å²) in [6.07, 6.45) is 0.137. The number of aliphatic imine (C=N–C) groups is 1. The summed E-state index contributed by atoms with van der Waals surface area (Å²) >= 11 is 0. The van der Waals surface area contributed by atoms with E-state index in [0.29, 0.717) is 11.3 Å². The van der Waals surface area contributed by atoms with Gasteiger partial charge < -0.3 is 9.73 Å². The Labute approximate surface area is 162 Å². The Morgan fingerprint density at radius 3 is 2.75 bits per heavy atom. The first-order valence-electron chi connectivity index (χ1n) is 8.88. The summed E-state index contributed by atoms with van der Waals surface area (Å²) in [7, 11) is -3.57. The van der Waals surface area contributed by atoms with E-state index < -0.39 is 10.0 Å². The van der Waals surface area contributed by atoms with Crippen molar-refractivity contribution in [2.75, 3.05) is 6.54 Å². The molecular weight excluding hydrogens is 378 g/mol. The molecule has 144 valence electrons. The monoisotopic (exact) mass is 397 g/mol. The number of amidine groups is 1. The number of nitrogens with one attached hydrogen (secondary N) is 2. The molecule has 1 aliphatic rings. The minimum atomic E-state index is -3.57. The van der Waals surface area contributed by atoms with Gasteiger partial charge in [0.05, 0.1) is 17.5 Å². The van der Waals surface area contributed by atoms with E-state index in [2.05, 4.69) is 15.0 Å². The molecular formula is C20H19N3O4S. The van der Waals surface area contributed by atoms with Crippen molar-refractivity contribution in [3.05, 3.63) is 65.9 Å². The number of carbonyl (C=O) groups is 1. The van der Waals surface area contributed by atoms with Crippen LogP contribution in [0.15, 0.2) is 68.9 Å². The molecule has 0 aliphatic carbocycles. The van der Waals surface area contributed by atoms with Gasteiger partial charge in [-0.3, -0.25) is 14.5 Å². The Bertz CT molecular complexity index is 1150. The zero-order valence-corrected chi connectivity index (χ0v) is 16.0. The standard InChI is InChI=1S/C20H19N3O4S/c1-13(17-12-14-6-2-4-8-16(14)27-17)22-19(24)10-11-21-20-15-7-3-5-9-18(15)28(25,26)23-20/h2-9,12-13H,10-11H2,1H3,(H,21,23)(H,22,24)/t13-/m1/s1.